The van der Waals surface area contributed by atoms with Crippen LogP contribution in [0.5, 0.6) is 0 Å². The predicted molar refractivity (Wildman–Crippen MR) is 65.6 cm³/mol. The summed E-state index contributed by atoms with van der Waals surface area (Å²) in [4.78, 5) is 15.8. The third kappa shape index (κ3) is 2.89. The lowest BCUT2D eigenvalue weighted by atomic mass is 10.0. The first-order chi connectivity index (χ1) is 8.00. The van der Waals surface area contributed by atoms with E-state index in [2.05, 4.69) is 10.3 Å². The molecule has 17 heavy (non-hydrogen) atoms. The summed E-state index contributed by atoms with van der Waals surface area (Å²) in [6.45, 7) is 3.10. The quantitative estimate of drug-likeness (QED) is 0.842. The average Bonchev–Trinajstić information content (AvgIpc) is 2.68. The number of carbonyl (C=O) groups is 1. The van der Waals surface area contributed by atoms with Crippen molar-refractivity contribution in [3.63, 3.8) is 0 Å². The minimum atomic E-state index is -0.337. The molecular formula is C11H12Cl2N2O2. The van der Waals surface area contributed by atoms with Crippen molar-refractivity contribution in [1.82, 2.24) is 10.3 Å². The van der Waals surface area contributed by atoms with E-state index in [1.807, 2.05) is 6.92 Å². The van der Waals surface area contributed by atoms with E-state index in [1.165, 1.54) is 12.3 Å². The van der Waals surface area contributed by atoms with Gasteiger partial charge in [-0.15, -0.1) is 0 Å². The Morgan fingerprint density at radius 1 is 1.59 bits per heavy atom. The van der Waals surface area contributed by atoms with Crippen molar-refractivity contribution in [2.75, 3.05) is 13.2 Å². The Morgan fingerprint density at radius 2 is 2.35 bits per heavy atom. The number of pyridine rings is 1. The van der Waals surface area contributed by atoms with E-state index in [1.54, 1.807) is 0 Å². The molecular weight excluding hydrogens is 263 g/mol. The summed E-state index contributed by atoms with van der Waals surface area (Å²) in [6.07, 6.45) is 2.15. The van der Waals surface area contributed by atoms with Crippen LogP contribution in [0.15, 0.2) is 12.3 Å². The molecule has 0 aromatic carbocycles. The summed E-state index contributed by atoms with van der Waals surface area (Å²) in [7, 11) is 0. The molecule has 1 aromatic rings. The van der Waals surface area contributed by atoms with E-state index in [0.717, 1.165) is 6.42 Å². The third-order valence-electron chi connectivity index (χ3n) is 2.70. The third-order valence-corrected chi connectivity index (χ3v) is 3.21. The standard InChI is InChI=1S/C11H12Cl2N2O2/c1-11(2-3-17-6-11)15-10(16)7-4-9(13)14-5-8(7)12/h4-5H,2-3,6H2,1H3,(H,15,16). The van der Waals surface area contributed by atoms with Crippen LogP contribution in [0.4, 0.5) is 0 Å². The van der Waals surface area contributed by atoms with Crippen molar-refractivity contribution in [2.45, 2.75) is 18.9 Å². The molecule has 0 radical (unpaired) electrons. The molecule has 1 unspecified atom stereocenters. The first-order valence-corrected chi connectivity index (χ1v) is 5.97. The minimum absolute atomic E-state index is 0.243. The highest BCUT2D eigenvalue weighted by Crippen LogP contribution is 2.22. The van der Waals surface area contributed by atoms with E-state index in [-0.39, 0.29) is 21.6 Å². The predicted octanol–water partition coefficient (Wildman–Crippen LogP) is 2.30. The number of aromatic nitrogens is 1. The number of rotatable bonds is 2. The summed E-state index contributed by atoms with van der Waals surface area (Å²) in [5.74, 6) is -0.257. The largest absolute Gasteiger partial charge is 0.379 e. The number of ether oxygens (including phenoxy) is 1. The van der Waals surface area contributed by atoms with Gasteiger partial charge >= 0.3 is 0 Å². The smallest absolute Gasteiger partial charge is 0.253 e. The zero-order chi connectivity index (χ0) is 12.5. The van der Waals surface area contributed by atoms with Crippen molar-refractivity contribution < 1.29 is 9.53 Å². The molecule has 4 nitrogen and oxygen atoms in total. The van der Waals surface area contributed by atoms with Crippen molar-refractivity contribution >= 4 is 29.1 Å². The van der Waals surface area contributed by atoms with E-state index < -0.39 is 0 Å². The second-order valence-electron chi connectivity index (χ2n) is 4.30. The van der Waals surface area contributed by atoms with Crippen LogP contribution in [0, 0.1) is 0 Å². The van der Waals surface area contributed by atoms with Crippen molar-refractivity contribution in [3.8, 4) is 0 Å². The lowest BCUT2D eigenvalue weighted by Gasteiger charge is -2.23. The van der Waals surface area contributed by atoms with Gasteiger partial charge in [0.05, 0.1) is 22.7 Å². The van der Waals surface area contributed by atoms with Gasteiger partial charge in [-0.2, -0.15) is 0 Å². The van der Waals surface area contributed by atoms with Gasteiger partial charge in [0.25, 0.3) is 5.91 Å². The maximum absolute atomic E-state index is 12.0. The molecule has 1 N–H and O–H groups in total. The second kappa shape index (κ2) is 4.80. The molecule has 6 heteroatoms. The summed E-state index contributed by atoms with van der Waals surface area (Å²) >= 11 is 11.6. The van der Waals surface area contributed by atoms with Crippen molar-refractivity contribution in [1.29, 1.82) is 0 Å². The van der Waals surface area contributed by atoms with Gasteiger partial charge in [-0.3, -0.25) is 4.79 Å². The lowest BCUT2D eigenvalue weighted by molar-refractivity contribution is 0.0890. The maximum atomic E-state index is 12.0. The zero-order valence-corrected chi connectivity index (χ0v) is 10.8. The highest BCUT2D eigenvalue weighted by molar-refractivity contribution is 6.35. The van der Waals surface area contributed by atoms with E-state index in [0.29, 0.717) is 18.8 Å². The van der Waals surface area contributed by atoms with Crippen LogP contribution in [0.25, 0.3) is 0 Å². The van der Waals surface area contributed by atoms with Gasteiger partial charge in [0.2, 0.25) is 0 Å². The number of nitrogens with zero attached hydrogens (tertiary/aromatic N) is 1. The molecule has 1 fully saturated rings. The maximum Gasteiger partial charge on any atom is 0.253 e. The van der Waals surface area contributed by atoms with Crippen LogP contribution in [0.3, 0.4) is 0 Å². The molecule has 2 heterocycles. The monoisotopic (exact) mass is 274 g/mol. The summed E-state index contributed by atoms with van der Waals surface area (Å²) < 4.78 is 5.26. The van der Waals surface area contributed by atoms with Crippen LogP contribution >= 0.6 is 23.2 Å². The van der Waals surface area contributed by atoms with Crippen LogP contribution in [-0.4, -0.2) is 29.6 Å². The first-order valence-electron chi connectivity index (χ1n) is 5.21. The molecule has 1 amide bonds. The van der Waals surface area contributed by atoms with Gasteiger partial charge in [0, 0.05) is 12.8 Å². The molecule has 2 rings (SSSR count). The van der Waals surface area contributed by atoms with Crippen LogP contribution in [0.1, 0.15) is 23.7 Å². The fourth-order valence-corrected chi connectivity index (χ4v) is 2.04. The highest BCUT2D eigenvalue weighted by Gasteiger charge is 2.32. The lowest BCUT2D eigenvalue weighted by Crippen LogP contribution is -2.46. The number of carbonyl (C=O) groups excluding carboxylic acids is 1. The Morgan fingerprint density at radius 3 is 3.00 bits per heavy atom. The molecule has 0 aliphatic carbocycles. The topological polar surface area (TPSA) is 51.2 Å². The number of hydrogen-bond donors (Lipinski definition) is 1. The summed E-state index contributed by atoms with van der Waals surface area (Å²) in [5, 5.41) is 3.43. The molecule has 0 bridgehead atoms. The molecule has 0 saturated carbocycles. The van der Waals surface area contributed by atoms with Crippen molar-refractivity contribution in [3.05, 3.63) is 28.0 Å². The zero-order valence-electron chi connectivity index (χ0n) is 9.30. The van der Waals surface area contributed by atoms with Gasteiger partial charge in [-0.25, -0.2) is 4.98 Å². The summed E-state index contributed by atoms with van der Waals surface area (Å²) in [5.41, 5.74) is -0.00400. The Balaban J connectivity index is 2.17. The normalized spacial score (nSPS) is 23.7. The van der Waals surface area contributed by atoms with Crippen molar-refractivity contribution in [2.24, 2.45) is 0 Å². The Labute approximate surface area is 109 Å². The van der Waals surface area contributed by atoms with Gasteiger partial charge in [-0.1, -0.05) is 23.2 Å². The molecule has 1 aliphatic heterocycles. The molecule has 1 aliphatic rings. The number of nitrogens with one attached hydrogen (secondary N) is 1. The minimum Gasteiger partial charge on any atom is -0.379 e. The first kappa shape index (κ1) is 12.6. The van der Waals surface area contributed by atoms with Gasteiger partial charge in [0.1, 0.15) is 5.15 Å². The average molecular weight is 275 g/mol. The van der Waals surface area contributed by atoms with E-state index >= 15 is 0 Å². The van der Waals surface area contributed by atoms with Crippen LogP contribution in [-0.2, 0) is 4.74 Å². The Hall–Kier alpha value is -0.840. The molecule has 1 saturated heterocycles. The molecule has 1 atom stereocenters. The highest BCUT2D eigenvalue weighted by atomic mass is 35.5. The summed E-state index contributed by atoms with van der Waals surface area (Å²) in [6, 6.07) is 1.46. The Bertz CT molecular complexity index is 445. The van der Waals surface area contributed by atoms with Gasteiger partial charge in [0.15, 0.2) is 0 Å². The van der Waals surface area contributed by atoms with Crippen LogP contribution < -0.4 is 5.32 Å². The SMILES string of the molecule is CC1(NC(=O)c2cc(Cl)ncc2Cl)CCOC1. The van der Waals surface area contributed by atoms with Crippen LogP contribution in [0.2, 0.25) is 10.2 Å². The molecule has 0 spiro atoms. The fraction of sp³-hybridized carbons (Fsp3) is 0.455. The number of amides is 1. The molecule has 1 aromatic heterocycles. The fourth-order valence-electron chi connectivity index (χ4n) is 1.69. The second-order valence-corrected chi connectivity index (χ2v) is 5.10. The van der Waals surface area contributed by atoms with E-state index in [9.17, 15) is 4.79 Å². The van der Waals surface area contributed by atoms with Gasteiger partial charge < -0.3 is 10.1 Å². The Kier molecular flexibility index (Phi) is 3.56. The number of halogens is 2. The molecule has 92 valence electrons. The van der Waals surface area contributed by atoms with E-state index in [4.69, 9.17) is 27.9 Å². The number of hydrogen-bond acceptors (Lipinski definition) is 3. The van der Waals surface area contributed by atoms with Gasteiger partial charge in [-0.05, 0) is 19.4 Å².